The molecule has 0 atom stereocenters. The largest absolute Gasteiger partial charge is 2.00 e. The van der Waals surface area contributed by atoms with Gasteiger partial charge in [0.25, 0.3) is 0 Å². The third kappa shape index (κ3) is 9.08. The quantitative estimate of drug-likeness (QED) is 0.265. The number of benzene rings is 2. The van der Waals surface area contributed by atoms with Crippen molar-refractivity contribution in [1.29, 1.82) is 0 Å². The van der Waals surface area contributed by atoms with Gasteiger partial charge in [0, 0.05) is 59.4 Å². The fourth-order valence-corrected chi connectivity index (χ4v) is 3.61. The molecule has 0 aliphatic rings. The van der Waals surface area contributed by atoms with Crippen molar-refractivity contribution in [2.45, 2.75) is 13.1 Å². The van der Waals surface area contributed by atoms with Crippen LogP contribution in [0.2, 0.25) is 0 Å². The molecular formula is C30H36N6Pt. The summed E-state index contributed by atoms with van der Waals surface area (Å²) in [7, 11) is 12.0. The molecule has 2 heterocycles. The maximum absolute atomic E-state index is 4.41. The Kier molecular flexibility index (Phi) is 12.4. The van der Waals surface area contributed by atoms with E-state index < -0.39 is 0 Å². The van der Waals surface area contributed by atoms with Gasteiger partial charge >= 0.3 is 21.1 Å². The van der Waals surface area contributed by atoms with Gasteiger partial charge in [-0.3, -0.25) is 0 Å². The van der Waals surface area contributed by atoms with Gasteiger partial charge in [0.2, 0.25) is 0 Å². The first-order chi connectivity index (χ1) is 17.4. The molecule has 196 valence electrons. The normalized spacial score (nSPS) is 10.1. The van der Waals surface area contributed by atoms with Crippen LogP contribution in [0.3, 0.4) is 0 Å². The Balaban J connectivity index is 0.000000253. The molecule has 0 bridgehead atoms. The van der Waals surface area contributed by atoms with Gasteiger partial charge in [-0.05, 0) is 48.9 Å². The molecule has 4 aromatic rings. The zero-order chi connectivity index (χ0) is 25.9. The van der Waals surface area contributed by atoms with Crippen molar-refractivity contribution < 1.29 is 21.1 Å². The smallest absolute Gasteiger partial charge is 0.394 e. The molecule has 0 unspecified atom stereocenters. The van der Waals surface area contributed by atoms with E-state index in [1.807, 2.05) is 102 Å². The van der Waals surface area contributed by atoms with E-state index in [2.05, 4.69) is 55.8 Å². The first kappa shape index (κ1) is 30.2. The number of hydrogen-bond donors (Lipinski definition) is 2. The van der Waals surface area contributed by atoms with Crippen LogP contribution in [-0.2, 0) is 34.2 Å². The fraction of sp³-hybridized carbons (Fsp3) is 0.267. The second kappa shape index (κ2) is 15.3. The van der Waals surface area contributed by atoms with Crippen molar-refractivity contribution in [3.8, 4) is 22.5 Å². The summed E-state index contributed by atoms with van der Waals surface area (Å²) < 4.78 is 0. The summed E-state index contributed by atoms with van der Waals surface area (Å²) in [5, 5.41) is 6.28. The molecule has 0 radical (unpaired) electrons. The van der Waals surface area contributed by atoms with Crippen molar-refractivity contribution in [2.24, 2.45) is 0 Å². The summed E-state index contributed by atoms with van der Waals surface area (Å²) >= 11 is 0. The van der Waals surface area contributed by atoms with Gasteiger partial charge in [0.1, 0.15) is 0 Å². The van der Waals surface area contributed by atoms with Crippen LogP contribution < -0.4 is 20.4 Å². The van der Waals surface area contributed by atoms with E-state index in [1.165, 1.54) is 5.56 Å². The third-order valence-electron chi connectivity index (χ3n) is 5.50. The van der Waals surface area contributed by atoms with Crippen LogP contribution in [0.15, 0.2) is 73.1 Å². The van der Waals surface area contributed by atoms with Gasteiger partial charge in [-0.15, -0.1) is 65.2 Å². The zero-order valence-electron chi connectivity index (χ0n) is 22.4. The van der Waals surface area contributed by atoms with Crippen LogP contribution in [0.4, 0.5) is 11.4 Å². The van der Waals surface area contributed by atoms with Gasteiger partial charge in [-0.1, -0.05) is 12.1 Å². The molecule has 0 aliphatic carbocycles. The molecule has 2 N–H and O–H groups in total. The molecule has 0 aliphatic heterocycles. The molecular weight excluding hydrogens is 639 g/mol. The van der Waals surface area contributed by atoms with Crippen molar-refractivity contribution in [3.05, 3.63) is 96.3 Å². The number of anilines is 2. The zero-order valence-corrected chi connectivity index (χ0v) is 24.7. The molecule has 0 saturated carbocycles. The number of hydrogen-bond acceptors (Lipinski definition) is 6. The van der Waals surface area contributed by atoms with Gasteiger partial charge < -0.3 is 30.4 Å². The van der Waals surface area contributed by atoms with E-state index in [4.69, 9.17) is 0 Å². The van der Waals surface area contributed by atoms with E-state index in [0.29, 0.717) is 0 Å². The van der Waals surface area contributed by atoms with Crippen molar-refractivity contribution in [2.75, 3.05) is 52.1 Å². The van der Waals surface area contributed by atoms with Crippen LogP contribution in [0.1, 0.15) is 11.1 Å². The Morgan fingerprint density at radius 1 is 0.703 bits per heavy atom. The molecule has 6 nitrogen and oxygen atoms in total. The fourth-order valence-electron chi connectivity index (χ4n) is 3.61. The van der Waals surface area contributed by atoms with Crippen LogP contribution in [0.25, 0.3) is 22.5 Å². The molecule has 0 fully saturated rings. The van der Waals surface area contributed by atoms with E-state index in [9.17, 15) is 0 Å². The summed E-state index contributed by atoms with van der Waals surface area (Å²) in [5.74, 6) is 0. The number of nitrogens with zero attached hydrogens (tertiary/aromatic N) is 4. The monoisotopic (exact) mass is 675 g/mol. The Bertz CT molecular complexity index is 1140. The van der Waals surface area contributed by atoms with E-state index in [1.54, 1.807) is 0 Å². The molecule has 0 saturated heterocycles. The SMILES string of the molecule is CNCc1[c-]c(-c2cc(N(C)C)ccn2)ccc1.CNCc1ccnc(-c2[c-]c(N(C)C)ccc2)c1.[Pt+2]. The van der Waals surface area contributed by atoms with Gasteiger partial charge in [0.05, 0.1) is 0 Å². The second-order valence-corrected chi connectivity index (χ2v) is 8.84. The second-order valence-electron chi connectivity index (χ2n) is 8.84. The minimum absolute atomic E-state index is 0. The summed E-state index contributed by atoms with van der Waals surface area (Å²) in [6.45, 7) is 1.67. The summed E-state index contributed by atoms with van der Waals surface area (Å²) in [6.07, 6.45) is 3.68. The van der Waals surface area contributed by atoms with Crippen LogP contribution in [0, 0.1) is 12.1 Å². The Morgan fingerprint density at radius 2 is 1.32 bits per heavy atom. The van der Waals surface area contributed by atoms with E-state index in [0.717, 1.165) is 52.5 Å². The molecule has 0 amide bonds. The summed E-state index contributed by atoms with van der Waals surface area (Å²) in [6, 6.07) is 27.2. The van der Waals surface area contributed by atoms with Gasteiger partial charge in [-0.25, -0.2) is 0 Å². The van der Waals surface area contributed by atoms with Crippen molar-refractivity contribution in [1.82, 2.24) is 20.6 Å². The third-order valence-corrected chi connectivity index (χ3v) is 5.50. The summed E-state index contributed by atoms with van der Waals surface area (Å²) in [5.41, 5.74) is 8.56. The molecule has 2 aromatic carbocycles. The van der Waals surface area contributed by atoms with Gasteiger partial charge in [0.15, 0.2) is 0 Å². The topological polar surface area (TPSA) is 56.3 Å². The Hall–Kier alpha value is -3.05. The van der Waals surface area contributed by atoms with Crippen LogP contribution in [0.5, 0.6) is 0 Å². The number of pyridine rings is 2. The average Bonchev–Trinajstić information content (AvgIpc) is 2.90. The van der Waals surface area contributed by atoms with Crippen LogP contribution in [-0.4, -0.2) is 52.3 Å². The van der Waals surface area contributed by atoms with E-state index in [-0.39, 0.29) is 21.1 Å². The minimum atomic E-state index is 0. The standard InChI is InChI=1S/2C15H18N3.Pt/c1-16-11-12-7-8-17-15(9-12)13-5-4-6-14(10-13)18(2)3;1-16-11-12-5-4-6-13(9-12)15-10-14(18(2)3)7-8-17-15;/h4-9,16H,11H2,1-3H3;4-8,10,16H,11H2,1-3H3;/q2*-1;+2. The molecule has 7 heteroatoms. The first-order valence-corrected chi connectivity index (χ1v) is 12.0. The Labute approximate surface area is 236 Å². The first-order valence-electron chi connectivity index (χ1n) is 12.0. The molecule has 37 heavy (non-hydrogen) atoms. The Morgan fingerprint density at radius 3 is 1.97 bits per heavy atom. The maximum Gasteiger partial charge on any atom is 2.00 e. The molecule has 2 aromatic heterocycles. The number of rotatable bonds is 8. The maximum atomic E-state index is 4.41. The minimum Gasteiger partial charge on any atom is -0.394 e. The predicted molar refractivity (Wildman–Crippen MR) is 151 cm³/mol. The molecule has 4 rings (SSSR count). The van der Waals surface area contributed by atoms with E-state index >= 15 is 0 Å². The summed E-state index contributed by atoms with van der Waals surface area (Å²) in [4.78, 5) is 12.9. The number of aromatic nitrogens is 2. The van der Waals surface area contributed by atoms with Crippen molar-refractivity contribution in [3.63, 3.8) is 0 Å². The average molecular weight is 676 g/mol. The number of nitrogens with one attached hydrogen (secondary N) is 2. The van der Waals surface area contributed by atoms with Crippen molar-refractivity contribution >= 4 is 11.4 Å². The van der Waals surface area contributed by atoms with Crippen LogP contribution >= 0.6 is 0 Å². The predicted octanol–water partition coefficient (Wildman–Crippen LogP) is 4.67. The van der Waals surface area contributed by atoms with Gasteiger partial charge in [-0.2, -0.15) is 0 Å². The molecule has 0 spiro atoms.